The van der Waals surface area contributed by atoms with Gasteiger partial charge in [-0.05, 0) is 17.5 Å². The summed E-state index contributed by atoms with van der Waals surface area (Å²) in [6, 6.07) is 7.22. The molecular formula is C18H24N2O3. The summed E-state index contributed by atoms with van der Waals surface area (Å²) in [6.07, 6.45) is 0.331. The van der Waals surface area contributed by atoms with Gasteiger partial charge in [0.15, 0.2) is 0 Å². The molecule has 0 spiro atoms. The van der Waals surface area contributed by atoms with Crippen LogP contribution in [0.25, 0.3) is 0 Å². The minimum atomic E-state index is -0.170. The van der Waals surface area contributed by atoms with Crippen molar-refractivity contribution >= 4 is 11.8 Å². The molecule has 0 aromatic heterocycles. The Balaban J connectivity index is 1.82. The molecule has 1 aromatic carbocycles. The Bertz CT molecular complexity index is 635. The van der Waals surface area contributed by atoms with Gasteiger partial charge in [0.2, 0.25) is 5.91 Å². The van der Waals surface area contributed by atoms with E-state index in [9.17, 15) is 9.59 Å². The second-order valence-electron chi connectivity index (χ2n) is 7.67. The zero-order valence-corrected chi connectivity index (χ0v) is 14.2. The van der Waals surface area contributed by atoms with Gasteiger partial charge in [0.05, 0.1) is 18.2 Å². The van der Waals surface area contributed by atoms with E-state index in [0.29, 0.717) is 30.8 Å². The van der Waals surface area contributed by atoms with Crippen molar-refractivity contribution in [3.8, 4) is 5.75 Å². The number of amides is 2. The first-order chi connectivity index (χ1) is 10.8. The van der Waals surface area contributed by atoms with Gasteiger partial charge in [0, 0.05) is 20.0 Å². The number of para-hydroxylation sites is 1. The van der Waals surface area contributed by atoms with Crippen molar-refractivity contribution in [2.45, 2.75) is 39.3 Å². The number of fused-ring (bicyclic) bond motifs is 2. The Kier molecular flexibility index (Phi) is 3.82. The molecular weight excluding hydrogens is 292 g/mol. The quantitative estimate of drug-likeness (QED) is 0.798. The van der Waals surface area contributed by atoms with Gasteiger partial charge in [-0.2, -0.15) is 0 Å². The van der Waals surface area contributed by atoms with Crippen molar-refractivity contribution < 1.29 is 14.3 Å². The number of benzene rings is 1. The fourth-order valence-electron chi connectivity index (χ4n) is 3.26. The molecule has 2 amide bonds. The Hall–Kier alpha value is -2.04. The highest BCUT2D eigenvalue weighted by atomic mass is 16.5. The molecule has 2 atom stereocenters. The van der Waals surface area contributed by atoms with Crippen molar-refractivity contribution in [3.05, 3.63) is 29.8 Å². The summed E-state index contributed by atoms with van der Waals surface area (Å²) in [7, 11) is 1.79. The van der Waals surface area contributed by atoms with E-state index < -0.39 is 0 Å². The average molecular weight is 316 g/mol. The van der Waals surface area contributed by atoms with Crippen LogP contribution in [0.1, 0.15) is 37.6 Å². The molecule has 0 N–H and O–H groups in total. The lowest BCUT2D eigenvalue weighted by atomic mass is 9.92. The zero-order valence-electron chi connectivity index (χ0n) is 14.2. The van der Waals surface area contributed by atoms with Gasteiger partial charge in [-0.3, -0.25) is 9.59 Å². The van der Waals surface area contributed by atoms with Crippen molar-refractivity contribution in [3.63, 3.8) is 0 Å². The van der Waals surface area contributed by atoms with Gasteiger partial charge in [-0.1, -0.05) is 32.9 Å². The van der Waals surface area contributed by atoms with Crippen LogP contribution < -0.4 is 4.74 Å². The first-order valence-corrected chi connectivity index (χ1v) is 8.07. The number of carbonyl (C=O) groups is 2. The third-order valence-corrected chi connectivity index (χ3v) is 4.48. The zero-order chi connectivity index (χ0) is 16.8. The molecule has 1 fully saturated rings. The van der Waals surface area contributed by atoms with Crippen molar-refractivity contribution in [2.24, 2.45) is 5.41 Å². The van der Waals surface area contributed by atoms with E-state index >= 15 is 0 Å². The number of ether oxygens (including phenoxy) is 1. The van der Waals surface area contributed by atoms with Gasteiger partial charge >= 0.3 is 0 Å². The van der Waals surface area contributed by atoms with E-state index in [1.165, 1.54) is 0 Å². The predicted molar refractivity (Wildman–Crippen MR) is 87.4 cm³/mol. The van der Waals surface area contributed by atoms with Crippen LogP contribution in [-0.2, 0) is 4.79 Å². The van der Waals surface area contributed by atoms with Crippen LogP contribution in [0.3, 0.4) is 0 Å². The maximum absolute atomic E-state index is 12.6. The lowest BCUT2D eigenvalue weighted by molar-refractivity contribution is -0.132. The number of likely N-dealkylation sites (N-methyl/N-ethyl adjacent to an activating group) is 1. The molecule has 2 aliphatic rings. The van der Waals surface area contributed by atoms with Gasteiger partial charge in [0.1, 0.15) is 11.9 Å². The highest BCUT2D eigenvalue weighted by Gasteiger charge is 2.43. The summed E-state index contributed by atoms with van der Waals surface area (Å²) < 4.78 is 6.08. The van der Waals surface area contributed by atoms with E-state index in [0.717, 1.165) is 0 Å². The van der Waals surface area contributed by atoms with Gasteiger partial charge < -0.3 is 14.5 Å². The number of likely N-dealkylation sites (tertiary alicyclic amines) is 1. The Morgan fingerprint density at radius 3 is 2.65 bits per heavy atom. The van der Waals surface area contributed by atoms with Crippen molar-refractivity contribution in [1.82, 2.24) is 9.80 Å². The molecule has 5 heteroatoms. The maximum atomic E-state index is 12.6. The topological polar surface area (TPSA) is 49.9 Å². The number of carbonyl (C=O) groups excluding carboxylic acids is 2. The van der Waals surface area contributed by atoms with E-state index in [2.05, 4.69) is 20.8 Å². The fraction of sp³-hybridized carbons (Fsp3) is 0.556. The summed E-state index contributed by atoms with van der Waals surface area (Å²) in [5.41, 5.74) is 0.550. The number of hydrogen-bond acceptors (Lipinski definition) is 3. The van der Waals surface area contributed by atoms with Crippen LogP contribution in [-0.4, -0.2) is 53.9 Å². The van der Waals surface area contributed by atoms with Crippen molar-refractivity contribution in [1.29, 1.82) is 0 Å². The number of nitrogens with zero attached hydrogens (tertiary/aromatic N) is 2. The van der Waals surface area contributed by atoms with E-state index in [1.807, 2.05) is 23.1 Å². The third-order valence-electron chi connectivity index (χ3n) is 4.48. The normalized spacial score (nSPS) is 23.9. The molecule has 2 heterocycles. The molecule has 0 bridgehead atoms. The molecule has 0 saturated carbocycles. The Morgan fingerprint density at radius 2 is 1.96 bits per heavy atom. The lowest BCUT2D eigenvalue weighted by Gasteiger charge is -2.25. The average Bonchev–Trinajstić information content (AvgIpc) is 2.85. The second-order valence-corrected chi connectivity index (χ2v) is 7.67. The minimum Gasteiger partial charge on any atom is -0.486 e. The number of hydrogen-bond donors (Lipinski definition) is 0. The Labute approximate surface area is 137 Å². The first-order valence-electron chi connectivity index (χ1n) is 8.07. The smallest absolute Gasteiger partial charge is 0.257 e. The fourth-order valence-corrected chi connectivity index (χ4v) is 3.26. The van der Waals surface area contributed by atoms with Crippen LogP contribution in [0.5, 0.6) is 5.75 Å². The predicted octanol–water partition coefficient (Wildman–Crippen LogP) is 2.17. The Morgan fingerprint density at radius 1 is 1.26 bits per heavy atom. The van der Waals surface area contributed by atoms with Crippen LogP contribution in [0.4, 0.5) is 0 Å². The summed E-state index contributed by atoms with van der Waals surface area (Å²) in [4.78, 5) is 28.7. The van der Waals surface area contributed by atoms with E-state index in [1.54, 1.807) is 18.0 Å². The largest absolute Gasteiger partial charge is 0.486 e. The standard InChI is InChI=1S/C18H24N2O3/c1-18(2,3)9-16(21)20-10-13-15(11-20)23-14-8-6-5-7-12(14)17(22)19(13)4/h5-8,13,15H,9-11H2,1-4H3. The summed E-state index contributed by atoms with van der Waals surface area (Å²) >= 11 is 0. The molecule has 5 nitrogen and oxygen atoms in total. The third kappa shape index (κ3) is 3.05. The molecule has 3 rings (SSSR count). The molecule has 1 aromatic rings. The molecule has 0 radical (unpaired) electrons. The highest BCUT2D eigenvalue weighted by molar-refractivity contribution is 5.97. The van der Waals surface area contributed by atoms with Crippen molar-refractivity contribution in [2.75, 3.05) is 20.1 Å². The first kappa shape index (κ1) is 15.8. The monoisotopic (exact) mass is 316 g/mol. The van der Waals surface area contributed by atoms with E-state index in [-0.39, 0.29) is 29.4 Å². The van der Waals surface area contributed by atoms with E-state index in [4.69, 9.17) is 4.74 Å². The van der Waals surface area contributed by atoms with Crippen LogP contribution >= 0.6 is 0 Å². The summed E-state index contributed by atoms with van der Waals surface area (Å²) in [6.45, 7) is 7.24. The van der Waals surface area contributed by atoms with Crippen LogP contribution in [0.2, 0.25) is 0 Å². The van der Waals surface area contributed by atoms with Gasteiger partial charge in [0.25, 0.3) is 5.91 Å². The maximum Gasteiger partial charge on any atom is 0.257 e. The SMILES string of the molecule is CN1C(=O)c2ccccc2OC2CN(C(=O)CC(C)(C)C)CC21. The number of rotatable bonds is 1. The highest BCUT2D eigenvalue weighted by Crippen LogP contribution is 2.31. The summed E-state index contributed by atoms with van der Waals surface area (Å²) in [5.74, 6) is 0.698. The minimum absolute atomic E-state index is 0.0433. The second kappa shape index (κ2) is 5.55. The molecule has 23 heavy (non-hydrogen) atoms. The molecule has 0 aliphatic carbocycles. The molecule has 2 unspecified atom stereocenters. The molecule has 124 valence electrons. The van der Waals surface area contributed by atoms with Crippen LogP contribution in [0, 0.1) is 5.41 Å². The summed E-state index contributed by atoms with van der Waals surface area (Å²) in [5, 5.41) is 0. The van der Waals surface area contributed by atoms with Gasteiger partial charge in [-0.15, -0.1) is 0 Å². The van der Waals surface area contributed by atoms with Crippen LogP contribution in [0.15, 0.2) is 24.3 Å². The van der Waals surface area contributed by atoms with Gasteiger partial charge in [-0.25, -0.2) is 0 Å². The molecule has 1 saturated heterocycles. The molecule has 2 aliphatic heterocycles. The lowest BCUT2D eigenvalue weighted by Crippen LogP contribution is -2.44.